The largest absolute Gasteiger partial charge is 0.466 e. The van der Waals surface area contributed by atoms with E-state index in [9.17, 15) is 9.59 Å². The second-order valence-electron chi connectivity index (χ2n) is 5.86. The molecule has 0 unspecified atom stereocenters. The number of hydrogen-bond acceptors (Lipinski definition) is 5. The number of aromatic nitrogens is 2. The highest BCUT2D eigenvalue weighted by Gasteiger charge is 2.12. The van der Waals surface area contributed by atoms with E-state index in [4.69, 9.17) is 4.74 Å². The molecule has 0 atom stereocenters. The molecule has 0 aliphatic heterocycles. The quantitative estimate of drug-likeness (QED) is 0.646. The lowest BCUT2D eigenvalue weighted by molar-refractivity contribution is -0.142. The smallest absolute Gasteiger partial charge is 0.311 e. The molecular weight excluding hydrogens is 350 g/mol. The fraction of sp³-hybridized carbons (Fsp3) is 0.316. The minimum atomic E-state index is -0.319. The van der Waals surface area contributed by atoms with E-state index in [1.807, 2.05) is 22.9 Å². The molecule has 1 aromatic carbocycles. The number of amides is 1. The van der Waals surface area contributed by atoms with Gasteiger partial charge >= 0.3 is 5.97 Å². The number of benzene rings is 1. The topological polar surface area (TPSA) is 73.2 Å². The van der Waals surface area contributed by atoms with E-state index in [1.54, 1.807) is 12.3 Å². The van der Waals surface area contributed by atoms with Gasteiger partial charge in [-0.2, -0.15) is 0 Å². The zero-order valence-electron chi connectivity index (χ0n) is 14.8. The molecule has 3 aromatic rings. The summed E-state index contributed by atoms with van der Waals surface area (Å²) in [4.78, 5) is 28.1. The molecule has 7 heteroatoms. The van der Waals surface area contributed by atoms with Crippen LogP contribution in [0.3, 0.4) is 0 Å². The minimum Gasteiger partial charge on any atom is -0.466 e. The fourth-order valence-corrected chi connectivity index (χ4v) is 3.45. The van der Waals surface area contributed by atoms with Gasteiger partial charge in [-0.15, -0.1) is 11.3 Å². The Bertz CT molecular complexity index is 929. The molecule has 0 saturated heterocycles. The Morgan fingerprint density at radius 2 is 2.12 bits per heavy atom. The first kappa shape index (κ1) is 18.1. The van der Waals surface area contributed by atoms with Gasteiger partial charge in [-0.05, 0) is 42.5 Å². The van der Waals surface area contributed by atoms with Gasteiger partial charge in [0.1, 0.15) is 6.54 Å². The van der Waals surface area contributed by atoms with Crippen LogP contribution in [0.1, 0.15) is 25.1 Å². The van der Waals surface area contributed by atoms with Crippen molar-refractivity contribution in [1.82, 2.24) is 9.55 Å². The Morgan fingerprint density at radius 1 is 1.27 bits per heavy atom. The van der Waals surface area contributed by atoms with Crippen LogP contribution in [0.15, 0.2) is 35.8 Å². The second-order valence-corrected chi connectivity index (χ2v) is 6.72. The number of carbonyl (C=O) groups excluding carboxylic acids is 2. The summed E-state index contributed by atoms with van der Waals surface area (Å²) in [7, 11) is 0. The Labute approximate surface area is 155 Å². The van der Waals surface area contributed by atoms with Gasteiger partial charge in [0, 0.05) is 17.1 Å². The number of thiazole rings is 1. The Morgan fingerprint density at radius 3 is 2.88 bits per heavy atom. The molecule has 0 bridgehead atoms. The van der Waals surface area contributed by atoms with Crippen LogP contribution in [0.25, 0.3) is 10.9 Å². The summed E-state index contributed by atoms with van der Waals surface area (Å²) in [6.45, 7) is 4.44. The summed E-state index contributed by atoms with van der Waals surface area (Å²) in [5.74, 6) is -0.472. The third-order valence-corrected chi connectivity index (χ3v) is 4.79. The molecule has 0 radical (unpaired) electrons. The van der Waals surface area contributed by atoms with Crippen LogP contribution in [-0.2, 0) is 33.7 Å². The number of nitrogens with zero attached hydrogens (tertiary/aromatic N) is 2. The van der Waals surface area contributed by atoms with Crippen LogP contribution >= 0.6 is 11.3 Å². The van der Waals surface area contributed by atoms with Gasteiger partial charge in [-0.3, -0.25) is 9.59 Å². The zero-order valence-corrected chi connectivity index (χ0v) is 15.6. The standard InChI is InChI=1S/C19H21N3O3S/c1-3-13-5-6-16-14(9-13)7-8-22(16)11-17(23)21-19-20-15(12-26-19)10-18(24)25-4-2/h5-9,12H,3-4,10-11H2,1-2H3,(H,20,21,23). The number of rotatable bonds is 7. The van der Waals surface area contributed by atoms with Crippen LogP contribution in [-0.4, -0.2) is 28.0 Å². The average molecular weight is 371 g/mol. The van der Waals surface area contributed by atoms with E-state index in [0.717, 1.165) is 17.3 Å². The Hall–Kier alpha value is -2.67. The van der Waals surface area contributed by atoms with Gasteiger partial charge < -0.3 is 14.6 Å². The molecule has 2 heterocycles. The molecule has 1 N–H and O–H groups in total. The number of hydrogen-bond donors (Lipinski definition) is 1. The third-order valence-electron chi connectivity index (χ3n) is 3.99. The second kappa shape index (κ2) is 8.14. The number of ether oxygens (including phenoxy) is 1. The monoisotopic (exact) mass is 371 g/mol. The van der Waals surface area contributed by atoms with Crippen molar-refractivity contribution in [3.05, 3.63) is 47.1 Å². The molecular formula is C19H21N3O3S. The predicted molar refractivity (Wildman–Crippen MR) is 102 cm³/mol. The van der Waals surface area contributed by atoms with Crippen molar-refractivity contribution in [1.29, 1.82) is 0 Å². The number of anilines is 1. The summed E-state index contributed by atoms with van der Waals surface area (Å²) in [6.07, 6.45) is 3.01. The molecule has 0 spiro atoms. The molecule has 2 aromatic heterocycles. The lowest BCUT2D eigenvalue weighted by atomic mass is 10.1. The first-order valence-electron chi connectivity index (χ1n) is 8.56. The highest BCUT2D eigenvalue weighted by Crippen LogP contribution is 2.19. The van der Waals surface area contributed by atoms with Crippen molar-refractivity contribution in [2.24, 2.45) is 0 Å². The number of nitrogens with one attached hydrogen (secondary N) is 1. The summed E-state index contributed by atoms with van der Waals surface area (Å²) in [5.41, 5.74) is 2.90. The van der Waals surface area contributed by atoms with E-state index in [2.05, 4.69) is 29.4 Å². The molecule has 0 aliphatic carbocycles. The van der Waals surface area contributed by atoms with E-state index in [1.165, 1.54) is 16.9 Å². The lowest BCUT2D eigenvalue weighted by Crippen LogP contribution is -2.18. The van der Waals surface area contributed by atoms with Gasteiger partial charge in [0.15, 0.2) is 5.13 Å². The number of esters is 1. The van der Waals surface area contributed by atoms with Crippen molar-refractivity contribution >= 4 is 39.2 Å². The highest BCUT2D eigenvalue weighted by molar-refractivity contribution is 7.13. The van der Waals surface area contributed by atoms with E-state index in [-0.39, 0.29) is 24.8 Å². The van der Waals surface area contributed by atoms with Crippen LogP contribution in [0.4, 0.5) is 5.13 Å². The zero-order chi connectivity index (χ0) is 18.5. The van der Waals surface area contributed by atoms with E-state index < -0.39 is 0 Å². The SMILES string of the molecule is CCOC(=O)Cc1csc(NC(=O)Cn2ccc3cc(CC)ccc32)n1. The minimum absolute atomic E-state index is 0.113. The van der Waals surface area contributed by atoms with Crippen molar-refractivity contribution in [2.45, 2.75) is 33.2 Å². The van der Waals surface area contributed by atoms with Crippen LogP contribution < -0.4 is 5.32 Å². The van der Waals surface area contributed by atoms with Crippen molar-refractivity contribution < 1.29 is 14.3 Å². The summed E-state index contributed by atoms with van der Waals surface area (Å²) < 4.78 is 6.81. The summed E-state index contributed by atoms with van der Waals surface area (Å²) >= 11 is 1.30. The predicted octanol–water partition coefficient (Wildman–Crippen LogP) is 3.40. The van der Waals surface area contributed by atoms with E-state index in [0.29, 0.717) is 17.4 Å². The molecule has 1 amide bonds. The average Bonchev–Trinajstić information content (AvgIpc) is 3.21. The number of aryl methyl sites for hydroxylation is 1. The molecule has 0 fully saturated rings. The van der Waals surface area contributed by atoms with Crippen LogP contribution in [0.2, 0.25) is 0 Å². The summed E-state index contributed by atoms with van der Waals surface area (Å²) in [6, 6.07) is 8.29. The number of carbonyl (C=O) groups is 2. The fourth-order valence-electron chi connectivity index (χ4n) is 2.73. The van der Waals surface area contributed by atoms with Crippen LogP contribution in [0, 0.1) is 0 Å². The molecule has 0 aliphatic rings. The van der Waals surface area contributed by atoms with Crippen molar-refractivity contribution in [3.63, 3.8) is 0 Å². The lowest BCUT2D eigenvalue weighted by Gasteiger charge is -2.06. The molecule has 3 rings (SSSR count). The maximum atomic E-state index is 12.3. The third kappa shape index (κ3) is 4.29. The van der Waals surface area contributed by atoms with Gasteiger partial charge in [-0.1, -0.05) is 13.0 Å². The maximum Gasteiger partial charge on any atom is 0.311 e. The van der Waals surface area contributed by atoms with Crippen LogP contribution in [0.5, 0.6) is 0 Å². The van der Waals surface area contributed by atoms with Crippen molar-refractivity contribution in [3.8, 4) is 0 Å². The van der Waals surface area contributed by atoms with Crippen molar-refractivity contribution in [2.75, 3.05) is 11.9 Å². The first-order chi connectivity index (χ1) is 12.6. The summed E-state index contributed by atoms with van der Waals surface area (Å²) in [5, 5.41) is 6.16. The van der Waals surface area contributed by atoms with Gasteiger partial charge in [0.2, 0.25) is 5.91 Å². The maximum absolute atomic E-state index is 12.3. The Kier molecular flexibility index (Phi) is 5.68. The first-order valence-corrected chi connectivity index (χ1v) is 9.44. The molecule has 26 heavy (non-hydrogen) atoms. The van der Waals surface area contributed by atoms with Gasteiger partial charge in [0.25, 0.3) is 0 Å². The van der Waals surface area contributed by atoms with Gasteiger partial charge in [0.05, 0.1) is 18.7 Å². The molecule has 6 nitrogen and oxygen atoms in total. The van der Waals surface area contributed by atoms with E-state index >= 15 is 0 Å². The number of fused-ring (bicyclic) bond motifs is 1. The normalized spacial score (nSPS) is 10.8. The molecule has 0 saturated carbocycles. The highest BCUT2D eigenvalue weighted by atomic mass is 32.1. The van der Waals surface area contributed by atoms with Gasteiger partial charge in [-0.25, -0.2) is 4.98 Å². The Balaban J connectivity index is 1.62. The molecule has 136 valence electrons.